The highest BCUT2D eigenvalue weighted by Crippen LogP contribution is 2.18. The summed E-state index contributed by atoms with van der Waals surface area (Å²) in [6, 6.07) is 15.2. The van der Waals surface area contributed by atoms with Gasteiger partial charge in [-0.05, 0) is 36.8 Å². The molecule has 0 spiro atoms. The summed E-state index contributed by atoms with van der Waals surface area (Å²) < 4.78 is 26.7. The molecule has 0 saturated heterocycles. The van der Waals surface area contributed by atoms with Gasteiger partial charge >= 0.3 is 0 Å². The van der Waals surface area contributed by atoms with Gasteiger partial charge in [0.25, 0.3) is 10.0 Å². The van der Waals surface area contributed by atoms with E-state index in [0.717, 1.165) is 5.56 Å². The summed E-state index contributed by atoms with van der Waals surface area (Å²) in [4.78, 5) is 0.242. The van der Waals surface area contributed by atoms with Crippen molar-refractivity contribution in [3.05, 3.63) is 60.2 Å². The van der Waals surface area contributed by atoms with Crippen LogP contribution in [0.2, 0.25) is 0 Å². The van der Waals surface area contributed by atoms with Gasteiger partial charge in [-0.1, -0.05) is 30.3 Å². The first-order valence-corrected chi connectivity index (χ1v) is 7.41. The van der Waals surface area contributed by atoms with Crippen molar-refractivity contribution in [3.63, 3.8) is 0 Å². The summed E-state index contributed by atoms with van der Waals surface area (Å²) in [5.41, 5.74) is 7.23. The van der Waals surface area contributed by atoms with Crippen molar-refractivity contribution in [2.75, 3.05) is 4.72 Å². The molecule has 0 aliphatic rings. The van der Waals surface area contributed by atoms with Gasteiger partial charge < -0.3 is 5.73 Å². The van der Waals surface area contributed by atoms with E-state index < -0.39 is 10.0 Å². The van der Waals surface area contributed by atoms with Gasteiger partial charge in [-0.2, -0.15) is 0 Å². The van der Waals surface area contributed by atoms with E-state index in [1.165, 1.54) is 0 Å². The molecule has 19 heavy (non-hydrogen) atoms. The fraction of sp³-hybridized carbons (Fsp3) is 0.143. The number of hydrogen-bond acceptors (Lipinski definition) is 3. The Morgan fingerprint density at radius 1 is 1.00 bits per heavy atom. The number of nitrogens with one attached hydrogen (secondary N) is 1. The van der Waals surface area contributed by atoms with Crippen LogP contribution >= 0.6 is 0 Å². The summed E-state index contributed by atoms with van der Waals surface area (Å²) >= 11 is 0. The molecule has 0 amide bonds. The topological polar surface area (TPSA) is 72.2 Å². The Morgan fingerprint density at radius 2 is 1.58 bits per heavy atom. The van der Waals surface area contributed by atoms with Gasteiger partial charge in [0.15, 0.2) is 0 Å². The minimum absolute atomic E-state index is 0.0696. The normalized spacial score (nSPS) is 12.9. The molecular weight excluding hydrogens is 260 g/mol. The molecule has 0 saturated carbocycles. The number of benzene rings is 2. The lowest BCUT2D eigenvalue weighted by molar-refractivity contribution is 0.601. The molecular formula is C14H16N2O2S. The highest BCUT2D eigenvalue weighted by atomic mass is 32.2. The van der Waals surface area contributed by atoms with Crippen LogP contribution in [-0.4, -0.2) is 8.42 Å². The predicted octanol–water partition coefficient (Wildman–Crippen LogP) is 2.51. The summed E-state index contributed by atoms with van der Waals surface area (Å²) in [5.74, 6) is 0. The molecule has 5 heteroatoms. The summed E-state index contributed by atoms with van der Waals surface area (Å²) in [5, 5.41) is 0. The quantitative estimate of drug-likeness (QED) is 0.901. The fourth-order valence-electron chi connectivity index (χ4n) is 1.67. The van der Waals surface area contributed by atoms with Crippen LogP contribution in [0.5, 0.6) is 0 Å². The number of rotatable bonds is 4. The first kappa shape index (κ1) is 13.6. The molecule has 2 aromatic carbocycles. The Balaban J connectivity index is 2.21. The molecule has 0 heterocycles. The SMILES string of the molecule is CC(N)c1ccc(NS(=O)(=O)c2ccccc2)cc1. The van der Waals surface area contributed by atoms with Crippen molar-refractivity contribution >= 4 is 15.7 Å². The molecule has 0 bridgehead atoms. The predicted molar refractivity (Wildman–Crippen MR) is 76.3 cm³/mol. The van der Waals surface area contributed by atoms with E-state index >= 15 is 0 Å². The van der Waals surface area contributed by atoms with Crippen molar-refractivity contribution in [2.24, 2.45) is 5.73 Å². The van der Waals surface area contributed by atoms with E-state index in [-0.39, 0.29) is 10.9 Å². The number of nitrogens with two attached hydrogens (primary N) is 1. The van der Waals surface area contributed by atoms with E-state index in [2.05, 4.69) is 4.72 Å². The zero-order valence-corrected chi connectivity index (χ0v) is 11.4. The first-order valence-electron chi connectivity index (χ1n) is 5.92. The van der Waals surface area contributed by atoms with Gasteiger partial charge in [-0.25, -0.2) is 8.42 Å². The minimum atomic E-state index is -3.53. The van der Waals surface area contributed by atoms with Gasteiger partial charge in [-0.15, -0.1) is 0 Å². The van der Waals surface area contributed by atoms with Crippen molar-refractivity contribution in [1.29, 1.82) is 0 Å². The molecule has 2 aromatic rings. The fourth-order valence-corrected chi connectivity index (χ4v) is 2.75. The molecule has 0 aliphatic carbocycles. The van der Waals surface area contributed by atoms with E-state index in [0.29, 0.717) is 5.69 Å². The maximum Gasteiger partial charge on any atom is 0.261 e. The third-order valence-electron chi connectivity index (χ3n) is 2.74. The number of hydrogen-bond donors (Lipinski definition) is 2. The van der Waals surface area contributed by atoms with Crippen LogP contribution < -0.4 is 10.5 Å². The van der Waals surface area contributed by atoms with Crippen molar-refractivity contribution in [2.45, 2.75) is 17.9 Å². The van der Waals surface area contributed by atoms with E-state index in [9.17, 15) is 8.42 Å². The highest BCUT2D eigenvalue weighted by molar-refractivity contribution is 7.92. The second kappa shape index (κ2) is 5.42. The van der Waals surface area contributed by atoms with Crippen LogP contribution in [0, 0.1) is 0 Å². The summed E-state index contributed by atoms with van der Waals surface area (Å²) in [6.07, 6.45) is 0. The van der Waals surface area contributed by atoms with E-state index in [1.54, 1.807) is 42.5 Å². The molecule has 2 rings (SSSR count). The van der Waals surface area contributed by atoms with Crippen molar-refractivity contribution in [3.8, 4) is 0 Å². The summed E-state index contributed by atoms with van der Waals surface area (Å²) in [7, 11) is -3.53. The van der Waals surface area contributed by atoms with Gasteiger partial charge in [0.2, 0.25) is 0 Å². The molecule has 1 atom stereocenters. The zero-order chi connectivity index (χ0) is 13.9. The molecule has 4 nitrogen and oxygen atoms in total. The standard InChI is InChI=1S/C14H16N2O2S/c1-11(15)12-7-9-13(10-8-12)16-19(17,18)14-5-3-2-4-6-14/h2-11,16H,15H2,1H3. The van der Waals surface area contributed by atoms with Gasteiger partial charge in [0.05, 0.1) is 4.90 Å². The monoisotopic (exact) mass is 276 g/mol. The minimum Gasteiger partial charge on any atom is -0.324 e. The van der Waals surface area contributed by atoms with Crippen LogP contribution in [0.25, 0.3) is 0 Å². The average molecular weight is 276 g/mol. The van der Waals surface area contributed by atoms with Crippen LogP contribution in [0.15, 0.2) is 59.5 Å². The largest absolute Gasteiger partial charge is 0.324 e. The molecule has 3 N–H and O–H groups in total. The summed E-state index contributed by atoms with van der Waals surface area (Å²) in [6.45, 7) is 1.88. The maximum atomic E-state index is 12.1. The molecule has 0 aliphatic heterocycles. The number of sulfonamides is 1. The highest BCUT2D eigenvalue weighted by Gasteiger charge is 2.13. The Bertz CT molecular complexity index is 635. The average Bonchev–Trinajstić information content (AvgIpc) is 2.40. The van der Waals surface area contributed by atoms with Crippen molar-refractivity contribution < 1.29 is 8.42 Å². The molecule has 1 unspecified atom stereocenters. The lowest BCUT2D eigenvalue weighted by Crippen LogP contribution is -2.13. The van der Waals surface area contributed by atoms with Crippen LogP contribution in [-0.2, 0) is 10.0 Å². The first-order chi connectivity index (χ1) is 8.99. The van der Waals surface area contributed by atoms with Gasteiger partial charge in [0.1, 0.15) is 0 Å². The Hall–Kier alpha value is -1.85. The van der Waals surface area contributed by atoms with Crippen LogP contribution in [0.1, 0.15) is 18.5 Å². The van der Waals surface area contributed by atoms with Gasteiger partial charge in [-0.3, -0.25) is 4.72 Å². The molecule has 0 radical (unpaired) electrons. The molecule has 100 valence electrons. The van der Waals surface area contributed by atoms with Crippen LogP contribution in [0.3, 0.4) is 0 Å². The van der Waals surface area contributed by atoms with Crippen molar-refractivity contribution in [1.82, 2.24) is 0 Å². The Labute approximate surface area is 113 Å². The zero-order valence-electron chi connectivity index (χ0n) is 10.6. The number of anilines is 1. The molecule has 0 fully saturated rings. The van der Waals surface area contributed by atoms with E-state index in [1.807, 2.05) is 19.1 Å². The Morgan fingerprint density at radius 3 is 2.11 bits per heavy atom. The smallest absolute Gasteiger partial charge is 0.261 e. The lowest BCUT2D eigenvalue weighted by atomic mass is 10.1. The van der Waals surface area contributed by atoms with Gasteiger partial charge in [0, 0.05) is 11.7 Å². The maximum absolute atomic E-state index is 12.1. The third kappa shape index (κ3) is 3.33. The second-order valence-corrected chi connectivity index (χ2v) is 6.01. The van der Waals surface area contributed by atoms with E-state index in [4.69, 9.17) is 5.73 Å². The van der Waals surface area contributed by atoms with Crippen LogP contribution in [0.4, 0.5) is 5.69 Å². The Kier molecular flexibility index (Phi) is 3.87. The third-order valence-corrected chi connectivity index (χ3v) is 4.14. The lowest BCUT2D eigenvalue weighted by Gasteiger charge is -2.10. The molecule has 0 aromatic heterocycles. The second-order valence-electron chi connectivity index (χ2n) is 4.33.